The van der Waals surface area contributed by atoms with Crippen LogP contribution >= 0.6 is 0 Å². The molecule has 0 radical (unpaired) electrons. The summed E-state index contributed by atoms with van der Waals surface area (Å²) in [4.78, 5) is 38.8. The summed E-state index contributed by atoms with van der Waals surface area (Å²) in [7, 11) is 0. The van der Waals surface area contributed by atoms with E-state index in [4.69, 9.17) is 5.73 Å². The molecule has 1 fully saturated rings. The standard InChI is InChI=1S/C17H32N4O3/c1-3-4-5-15(12-14(2)22)17(24)19-6-7-20-8-10-21(11-9-20)13-16(18)23/h15H,3-13H2,1-2H3,(H2,18,23)(H,19,24)/t15-/m0/s1. The second-order valence-corrected chi connectivity index (χ2v) is 6.62. The van der Waals surface area contributed by atoms with E-state index in [1.54, 1.807) is 0 Å². The molecular formula is C17H32N4O3. The average molecular weight is 340 g/mol. The maximum absolute atomic E-state index is 12.3. The van der Waals surface area contributed by atoms with Gasteiger partial charge in [-0.2, -0.15) is 0 Å². The van der Waals surface area contributed by atoms with Crippen molar-refractivity contribution in [1.82, 2.24) is 15.1 Å². The number of nitrogens with two attached hydrogens (primary N) is 1. The van der Waals surface area contributed by atoms with Crippen molar-refractivity contribution in [2.24, 2.45) is 11.7 Å². The number of rotatable bonds is 11. The van der Waals surface area contributed by atoms with Gasteiger partial charge >= 0.3 is 0 Å². The Morgan fingerprint density at radius 2 is 1.75 bits per heavy atom. The van der Waals surface area contributed by atoms with E-state index in [0.717, 1.165) is 52.0 Å². The summed E-state index contributed by atoms with van der Waals surface area (Å²) in [5, 5.41) is 2.97. The van der Waals surface area contributed by atoms with Crippen molar-refractivity contribution in [2.75, 3.05) is 45.8 Å². The molecule has 1 saturated heterocycles. The van der Waals surface area contributed by atoms with Gasteiger partial charge in [0, 0.05) is 51.6 Å². The SMILES string of the molecule is CCCC[C@@H](CC(C)=O)C(=O)NCCN1CCN(CC(N)=O)CC1. The van der Waals surface area contributed by atoms with Crippen LogP contribution in [0.5, 0.6) is 0 Å². The maximum Gasteiger partial charge on any atom is 0.231 e. The molecule has 0 aliphatic carbocycles. The molecule has 0 aromatic rings. The van der Waals surface area contributed by atoms with E-state index in [2.05, 4.69) is 17.1 Å². The van der Waals surface area contributed by atoms with Gasteiger partial charge in [-0.05, 0) is 13.3 Å². The van der Waals surface area contributed by atoms with Gasteiger partial charge in [-0.1, -0.05) is 19.8 Å². The van der Waals surface area contributed by atoms with Crippen molar-refractivity contribution < 1.29 is 14.4 Å². The zero-order chi connectivity index (χ0) is 17.9. The fraction of sp³-hybridized carbons (Fsp3) is 0.824. The van der Waals surface area contributed by atoms with Crippen LogP contribution in [0, 0.1) is 5.92 Å². The Labute approximate surface area is 144 Å². The van der Waals surface area contributed by atoms with Crippen molar-refractivity contribution in [3.63, 3.8) is 0 Å². The zero-order valence-corrected chi connectivity index (χ0v) is 15.1. The Kier molecular flexibility index (Phi) is 9.56. The number of unbranched alkanes of at least 4 members (excludes halogenated alkanes) is 1. The van der Waals surface area contributed by atoms with Crippen molar-refractivity contribution in [3.8, 4) is 0 Å². The van der Waals surface area contributed by atoms with Crippen LogP contribution in [0.2, 0.25) is 0 Å². The molecule has 7 heteroatoms. The van der Waals surface area contributed by atoms with Crippen molar-refractivity contribution in [1.29, 1.82) is 0 Å². The zero-order valence-electron chi connectivity index (χ0n) is 15.1. The Balaban J connectivity index is 2.26. The Hall–Kier alpha value is -1.47. The maximum atomic E-state index is 12.3. The van der Waals surface area contributed by atoms with Crippen LogP contribution in [0.3, 0.4) is 0 Å². The van der Waals surface area contributed by atoms with Crippen molar-refractivity contribution in [3.05, 3.63) is 0 Å². The third kappa shape index (κ3) is 8.40. The highest BCUT2D eigenvalue weighted by Crippen LogP contribution is 2.13. The molecule has 1 aliphatic rings. The number of hydrogen-bond donors (Lipinski definition) is 2. The van der Waals surface area contributed by atoms with Gasteiger partial charge < -0.3 is 15.8 Å². The van der Waals surface area contributed by atoms with Crippen LogP contribution in [0.1, 0.15) is 39.5 Å². The first-order valence-electron chi connectivity index (χ1n) is 8.92. The first-order valence-corrected chi connectivity index (χ1v) is 8.92. The van der Waals surface area contributed by atoms with Crippen molar-refractivity contribution in [2.45, 2.75) is 39.5 Å². The van der Waals surface area contributed by atoms with Gasteiger partial charge in [-0.15, -0.1) is 0 Å². The van der Waals surface area contributed by atoms with E-state index >= 15 is 0 Å². The minimum Gasteiger partial charge on any atom is -0.369 e. The largest absolute Gasteiger partial charge is 0.369 e. The van der Waals surface area contributed by atoms with Gasteiger partial charge in [0.25, 0.3) is 0 Å². The summed E-state index contributed by atoms with van der Waals surface area (Å²) in [5.41, 5.74) is 5.20. The molecule has 1 aliphatic heterocycles. The number of amides is 2. The monoisotopic (exact) mass is 340 g/mol. The van der Waals surface area contributed by atoms with Gasteiger partial charge in [-0.3, -0.25) is 19.4 Å². The number of nitrogens with zero attached hydrogens (tertiary/aromatic N) is 2. The van der Waals surface area contributed by atoms with E-state index in [0.29, 0.717) is 19.5 Å². The molecular weight excluding hydrogens is 308 g/mol. The van der Waals surface area contributed by atoms with Gasteiger partial charge in [0.15, 0.2) is 0 Å². The minimum absolute atomic E-state index is 0.00832. The number of nitrogens with one attached hydrogen (secondary N) is 1. The molecule has 0 unspecified atom stereocenters. The summed E-state index contributed by atoms with van der Waals surface area (Å²) in [6, 6.07) is 0. The fourth-order valence-corrected chi connectivity index (χ4v) is 3.00. The number of carbonyl (C=O) groups excluding carboxylic acids is 3. The number of ketones is 1. The third-order valence-corrected chi connectivity index (χ3v) is 4.38. The lowest BCUT2D eigenvalue weighted by molar-refractivity contribution is -0.129. The van der Waals surface area contributed by atoms with Crippen LogP contribution in [0.25, 0.3) is 0 Å². The molecule has 138 valence electrons. The van der Waals surface area contributed by atoms with Gasteiger partial charge in [0.05, 0.1) is 6.54 Å². The van der Waals surface area contributed by atoms with Crippen LogP contribution in [0.15, 0.2) is 0 Å². The summed E-state index contributed by atoms with van der Waals surface area (Å²) < 4.78 is 0. The van der Waals surface area contributed by atoms with E-state index in [1.807, 2.05) is 4.90 Å². The highest BCUT2D eigenvalue weighted by Gasteiger charge is 2.21. The van der Waals surface area contributed by atoms with E-state index < -0.39 is 0 Å². The topological polar surface area (TPSA) is 95.7 Å². The molecule has 0 aromatic carbocycles. The van der Waals surface area contributed by atoms with Crippen LogP contribution in [-0.4, -0.2) is 73.2 Å². The molecule has 3 N–H and O–H groups in total. The van der Waals surface area contributed by atoms with Crippen LogP contribution < -0.4 is 11.1 Å². The van der Waals surface area contributed by atoms with Crippen LogP contribution in [-0.2, 0) is 14.4 Å². The lowest BCUT2D eigenvalue weighted by Gasteiger charge is -2.34. The highest BCUT2D eigenvalue weighted by atomic mass is 16.2. The number of hydrogen-bond acceptors (Lipinski definition) is 5. The van der Waals surface area contributed by atoms with E-state index in [9.17, 15) is 14.4 Å². The normalized spacial score (nSPS) is 17.4. The molecule has 24 heavy (non-hydrogen) atoms. The first kappa shape index (κ1) is 20.6. The molecule has 2 amide bonds. The molecule has 1 heterocycles. The first-order chi connectivity index (χ1) is 11.4. The second-order valence-electron chi connectivity index (χ2n) is 6.62. The average Bonchev–Trinajstić information content (AvgIpc) is 2.52. The smallest absolute Gasteiger partial charge is 0.231 e. The number of primary amides is 1. The number of carbonyl (C=O) groups is 3. The van der Waals surface area contributed by atoms with Gasteiger partial charge in [0.1, 0.15) is 5.78 Å². The number of Topliss-reactive ketones (excluding diaryl/α,β-unsaturated/α-hetero) is 1. The Bertz CT molecular complexity index is 420. The Morgan fingerprint density at radius 1 is 1.12 bits per heavy atom. The molecule has 0 saturated carbocycles. The molecule has 0 bridgehead atoms. The van der Waals surface area contributed by atoms with Crippen molar-refractivity contribution >= 4 is 17.6 Å². The summed E-state index contributed by atoms with van der Waals surface area (Å²) >= 11 is 0. The minimum atomic E-state index is -0.292. The molecule has 1 rings (SSSR count). The van der Waals surface area contributed by atoms with Gasteiger partial charge in [-0.25, -0.2) is 0 Å². The van der Waals surface area contributed by atoms with Gasteiger partial charge in [0.2, 0.25) is 11.8 Å². The van der Waals surface area contributed by atoms with E-state index in [1.165, 1.54) is 6.92 Å². The highest BCUT2D eigenvalue weighted by molar-refractivity contribution is 5.85. The Morgan fingerprint density at radius 3 is 2.29 bits per heavy atom. The summed E-state index contributed by atoms with van der Waals surface area (Å²) in [5.74, 6) is -0.433. The third-order valence-electron chi connectivity index (χ3n) is 4.38. The lowest BCUT2D eigenvalue weighted by Crippen LogP contribution is -2.50. The fourth-order valence-electron chi connectivity index (χ4n) is 3.00. The predicted octanol–water partition coefficient (Wildman–Crippen LogP) is -0.00900. The number of piperazine rings is 1. The predicted molar refractivity (Wildman–Crippen MR) is 93.4 cm³/mol. The lowest BCUT2D eigenvalue weighted by atomic mass is 9.96. The molecule has 1 atom stereocenters. The summed E-state index contributed by atoms with van der Waals surface area (Å²) in [6.45, 7) is 8.70. The molecule has 0 spiro atoms. The van der Waals surface area contributed by atoms with Crippen LogP contribution in [0.4, 0.5) is 0 Å². The second kappa shape index (κ2) is 11.1. The summed E-state index contributed by atoms with van der Waals surface area (Å²) in [6.07, 6.45) is 3.09. The molecule has 7 nitrogen and oxygen atoms in total. The quantitative estimate of drug-likeness (QED) is 0.552. The molecule has 0 aromatic heterocycles. The van der Waals surface area contributed by atoms with E-state index in [-0.39, 0.29) is 23.5 Å².